The van der Waals surface area contributed by atoms with Gasteiger partial charge < -0.3 is 5.32 Å². The molecule has 25 heavy (non-hydrogen) atoms. The molecule has 1 N–H and O–H groups in total. The maximum absolute atomic E-state index is 12.3. The SMILES string of the molecule is CCc1ccccc1NC(=O)CN(C)S(=O)(=O)/C=C/c1ccccc1. The number of nitrogens with one attached hydrogen (secondary N) is 1. The first-order valence-electron chi connectivity index (χ1n) is 7.99. The summed E-state index contributed by atoms with van der Waals surface area (Å²) in [6.07, 6.45) is 2.29. The number of para-hydroxylation sites is 1. The van der Waals surface area contributed by atoms with Gasteiger partial charge in [0.15, 0.2) is 0 Å². The molecule has 2 aromatic rings. The molecule has 2 rings (SSSR count). The Morgan fingerprint density at radius 3 is 2.40 bits per heavy atom. The molecule has 0 heterocycles. The number of sulfonamides is 1. The lowest BCUT2D eigenvalue weighted by atomic mass is 10.1. The molecule has 2 aromatic carbocycles. The molecule has 0 saturated carbocycles. The molecule has 0 aliphatic carbocycles. The van der Waals surface area contributed by atoms with Crippen molar-refractivity contribution in [2.45, 2.75) is 13.3 Å². The third-order valence-corrected chi connectivity index (χ3v) is 5.18. The van der Waals surface area contributed by atoms with E-state index < -0.39 is 10.0 Å². The van der Waals surface area contributed by atoms with E-state index in [2.05, 4.69) is 5.32 Å². The van der Waals surface area contributed by atoms with Gasteiger partial charge in [-0.15, -0.1) is 0 Å². The molecule has 132 valence electrons. The topological polar surface area (TPSA) is 66.5 Å². The Morgan fingerprint density at radius 2 is 1.72 bits per heavy atom. The Labute approximate surface area is 149 Å². The summed E-state index contributed by atoms with van der Waals surface area (Å²) in [5, 5.41) is 3.88. The highest BCUT2D eigenvalue weighted by Gasteiger charge is 2.18. The van der Waals surface area contributed by atoms with Gasteiger partial charge in [-0.05, 0) is 29.7 Å². The average Bonchev–Trinajstić information content (AvgIpc) is 2.61. The normalized spacial score (nSPS) is 11.8. The van der Waals surface area contributed by atoms with E-state index in [1.165, 1.54) is 13.1 Å². The number of carbonyl (C=O) groups is 1. The van der Waals surface area contributed by atoms with E-state index in [1.807, 2.05) is 43.3 Å². The summed E-state index contributed by atoms with van der Waals surface area (Å²) < 4.78 is 25.6. The lowest BCUT2D eigenvalue weighted by Crippen LogP contribution is -2.33. The maximum atomic E-state index is 12.3. The second-order valence-corrected chi connectivity index (χ2v) is 7.50. The zero-order chi connectivity index (χ0) is 18.3. The molecule has 0 aliphatic rings. The molecule has 1 amide bonds. The predicted molar refractivity (Wildman–Crippen MR) is 101 cm³/mol. The summed E-state index contributed by atoms with van der Waals surface area (Å²) in [5.41, 5.74) is 2.49. The lowest BCUT2D eigenvalue weighted by Gasteiger charge is -2.15. The van der Waals surface area contributed by atoms with Gasteiger partial charge in [-0.2, -0.15) is 4.31 Å². The molecular weight excluding hydrogens is 336 g/mol. The Bertz CT molecular complexity index is 846. The zero-order valence-corrected chi connectivity index (χ0v) is 15.2. The van der Waals surface area contributed by atoms with Crippen LogP contribution >= 0.6 is 0 Å². The van der Waals surface area contributed by atoms with Crippen LogP contribution < -0.4 is 5.32 Å². The number of nitrogens with zero attached hydrogens (tertiary/aromatic N) is 1. The maximum Gasteiger partial charge on any atom is 0.239 e. The van der Waals surface area contributed by atoms with E-state index in [4.69, 9.17) is 0 Å². The van der Waals surface area contributed by atoms with Crippen LogP contribution in [-0.2, 0) is 21.2 Å². The number of carbonyl (C=O) groups excluding carboxylic acids is 1. The number of amides is 1. The van der Waals surface area contributed by atoms with Crippen LogP contribution in [0.3, 0.4) is 0 Å². The summed E-state index contributed by atoms with van der Waals surface area (Å²) in [5.74, 6) is -0.375. The number of rotatable bonds is 7. The van der Waals surface area contributed by atoms with Gasteiger partial charge >= 0.3 is 0 Å². The number of anilines is 1. The van der Waals surface area contributed by atoms with Gasteiger partial charge in [-0.25, -0.2) is 8.42 Å². The van der Waals surface area contributed by atoms with Crippen LogP contribution in [0.2, 0.25) is 0 Å². The van der Waals surface area contributed by atoms with Crippen LogP contribution in [0.25, 0.3) is 6.08 Å². The zero-order valence-electron chi connectivity index (χ0n) is 14.3. The monoisotopic (exact) mass is 358 g/mol. The molecule has 0 aromatic heterocycles. The van der Waals surface area contributed by atoms with Crippen LogP contribution in [-0.4, -0.2) is 32.2 Å². The first kappa shape index (κ1) is 18.9. The van der Waals surface area contributed by atoms with Crippen molar-refractivity contribution in [1.82, 2.24) is 4.31 Å². The van der Waals surface area contributed by atoms with E-state index in [0.29, 0.717) is 5.69 Å². The lowest BCUT2D eigenvalue weighted by molar-refractivity contribution is -0.116. The van der Waals surface area contributed by atoms with Crippen molar-refractivity contribution in [2.24, 2.45) is 0 Å². The largest absolute Gasteiger partial charge is 0.325 e. The van der Waals surface area contributed by atoms with Gasteiger partial charge in [0.1, 0.15) is 0 Å². The fourth-order valence-corrected chi connectivity index (χ4v) is 3.10. The van der Waals surface area contributed by atoms with E-state index in [9.17, 15) is 13.2 Å². The van der Waals surface area contributed by atoms with E-state index >= 15 is 0 Å². The Hall–Kier alpha value is -2.44. The number of hydrogen-bond donors (Lipinski definition) is 1. The highest BCUT2D eigenvalue weighted by molar-refractivity contribution is 7.92. The van der Waals surface area contributed by atoms with Gasteiger partial charge in [-0.1, -0.05) is 55.5 Å². The van der Waals surface area contributed by atoms with Crippen molar-refractivity contribution >= 4 is 27.7 Å². The first-order chi connectivity index (χ1) is 11.9. The van der Waals surface area contributed by atoms with Crippen LogP contribution in [0, 0.1) is 0 Å². The fourth-order valence-electron chi connectivity index (χ4n) is 2.27. The summed E-state index contributed by atoms with van der Waals surface area (Å²) in [4.78, 5) is 12.2. The van der Waals surface area contributed by atoms with E-state index in [-0.39, 0.29) is 12.5 Å². The van der Waals surface area contributed by atoms with Gasteiger partial charge in [0.25, 0.3) is 0 Å². The van der Waals surface area contributed by atoms with Gasteiger partial charge in [-0.3, -0.25) is 4.79 Å². The Balaban J connectivity index is 2.01. The minimum absolute atomic E-state index is 0.250. The summed E-state index contributed by atoms with van der Waals surface area (Å²) in [6.45, 7) is 1.75. The second-order valence-electron chi connectivity index (χ2n) is 5.57. The summed E-state index contributed by atoms with van der Waals surface area (Å²) in [6, 6.07) is 16.6. The Morgan fingerprint density at radius 1 is 1.08 bits per heavy atom. The van der Waals surface area contributed by atoms with Crippen molar-refractivity contribution in [3.05, 3.63) is 71.1 Å². The predicted octanol–water partition coefficient (Wildman–Crippen LogP) is 3.12. The number of aryl methyl sites for hydroxylation is 1. The Kier molecular flexibility index (Phi) is 6.50. The molecule has 0 radical (unpaired) electrons. The highest BCUT2D eigenvalue weighted by atomic mass is 32.2. The molecule has 5 nitrogen and oxygen atoms in total. The van der Waals surface area contributed by atoms with Crippen LogP contribution in [0.4, 0.5) is 5.69 Å². The van der Waals surface area contributed by atoms with Crippen molar-refractivity contribution in [3.63, 3.8) is 0 Å². The minimum Gasteiger partial charge on any atom is -0.325 e. The summed E-state index contributed by atoms with van der Waals surface area (Å²) >= 11 is 0. The van der Waals surface area contributed by atoms with Crippen molar-refractivity contribution < 1.29 is 13.2 Å². The molecule has 0 bridgehead atoms. The molecular formula is C19H22N2O3S. The number of benzene rings is 2. The van der Waals surface area contributed by atoms with Crippen LogP contribution in [0.1, 0.15) is 18.1 Å². The number of hydrogen-bond acceptors (Lipinski definition) is 3. The van der Waals surface area contributed by atoms with Crippen molar-refractivity contribution in [2.75, 3.05) is 18.9 Å². The minimum atomic E-state index is -3.67. The summed E-state index contributed by atoms with van der Waals surface area (Å²) in [7, 11) is -2.28. The first-order valence-corrected chi connectivity index (χ1v) is 9.50. The second kappa shape index (κ2) is 8.60. The average molecular weight is 358 g/mol. The van der Waals surface area contributed by atoms with Crippen LogP contribution in [0.5, 0.6) is 0 Å². The quantitative estimate of drug-likeness (QED) is 0.827. The van der Waals surface area contributed by atoms with Crippen molar-refractivity contribution in [1.29, 1.82) is 0 Å². The highest BCUT2D eigenvalue weighted by Crippen LogP contribution is 2.15. The standard InChI is InChI=1S/C19H22N2O3S/c1-3-17-11-7-8-12-18(17)20-19(22)15-21(2)25(23,24)14-13-16-9-5-4-6-10-16/h4-14H,3,15H2,1-2H3,(H,20,22)/b14-13+. The van der Waals surface area contributed by atoms with Gasteiger partial charge in [0, 0.05) is 18.1 Å². The number of likely N-dealkylation sites (N-methyl/N-ethyl adjacent to an activating group) is 1. The smallest absolute Gasteiger partial charge is 0.239 e. The van der Waals surface area contributed by atoms with Gasteiger partial charge in [0.2, 0.25) is 15.9 Å². The third-order valence-electron chi connectivity index (χ3n) is 3.71. The van der Waals surface area contributed by atoms with Gasteiger partial charge in [0.05, 0.1) is 6.54 Å². The van der Waals surface area contributed by atoms with Crippen molar-refractivity contribution in [3.8, 4) is 0 Å². The molecule has 0 spiro atoms. The molecule has 6 heteroatoms. The van der Waals surface area contributed by atoms with Crippen LogP contribution in [0.15, 0.2) is 60.0 Å². The molecule has 0 unspecified atom stereocenters. The third kappa shape index (κ3) is 5.55. The molecule has 0 atom stereocenters. The molecule has 0 fully saturated rings. The molecule has 0 saturated heterocycles. The fraction of sp³-hybridized carbons (Fsp3) is 0.211. The molecule has 0 aliphatic heterocycles. The van der Waals surface area contributed by atoms with E-state index in [1.54, 1.807) is 18.2 Å². The van der Waals surface area contributed by atoms with E-state index in [0.717, 1.165) is 27.3 Å².